The summed E-state index contributed by atoms with van der Waals surface area (Å²) < 4.78 is 0. The third-order valence-corrected chi connectivity index (χ3v) is 3.06. The monoisotopic (exact) mass is 216 g/mol. The van der Waals surface area contributed by atoms with Crippen molar-refractivity contribution in [3.63, 3.8) is 0 Å². The lowest BCUT2D eigenvalue weighted by molar-refractivity contribution is -0.113. The second kappa shape index (κ2) is 4.36. The highest BCUT2D eigenvalue weighted by Gasteiger charge is 2.17. The van der Waals surface area contributed by atoms with E-state index in [2.05, 4.69) is 6.07 Å². The molecular formula is C13H16N2O. The third-order valence-electron chi connectivity index (χ3n) is 3.06. The number of carbonyl (C=O) groups is 1. The molecule has 0 spiro atoms. The number of benzene rings is 1. The van der Waals surface area contributed by atoms with Crippen molar-refractivity contribution in [3.8, 4) is 6.07 Å². The highest BCUT2D eigenvalue weighted by Crippen LogP contribution is 2.29. The van der Waals surface area contributed by atoms with E-state index in [1.807, 2.05) is 27.7 Å². The van der Waals surface area contributed by atoms with Crippen molar-refractivity contribution in [1.29, 1.82) is 5.26 Å². The van der Waals surface area contributed by atoms with Crippen LogP contribution in [0.2, 0.25) is 0 Å². The Morgan fingerprint density at radius 1 is 1.19 bits per heavy atom. The maximum absolute atomic E-state index is 11.4. The zero-order valence-electron chi connectivity index (χ0n) is 10.4. The minimum Gasteiger partial charge on any atom is -0.302 e. The van der Waals surface area contributed by atoms with Crippen LogP contribution in [0.5, 0.6) is 0 Å². The summed E-state index contributed by atoms with van der Waals surface area (Å²) in [5, 5.41) is 8.65. The largest absolute Gasteiger partial charge is 0.329 e. The standard InChI is InChI=1S/C13H16N2O/c1-8-6-9(2)11(4)13(10(8)3)15(5)12(16)7-14/h6H,1-5H3. The van der Waals surface area contributed by atoms with Crippen LogP contribution < -0.4 is 4.90 Å². The summed E-state index contributed by atoms with van der Waals surface area (Å²) in [5.74, 6) is -0.531. The molecule has 0 aromatic heterocycles. The predicted molar refractivity (Wildman–Crippen MR) is 64.4 cm³/mol. The maximum Gasteiger partial charge on any atom is 0.329 e. The van der Waals surface area contributed by atoms with Gasteiger partial charge in [-0.15, -0.1) is 0 Å². The number of nitriles is 1. The number of carbonyl (C=O) groups excluding carboxylic acids is 1. The van der Waals surface area contributed by atoms with E-state index in [4.69, 9.17) is 5.26 Å². The van der Waals surface area contributed by atoms with Gasteiger partial charge in [-0.3, -0.25) is 4.79 Å². The Kier molecular flexibility index (Phi) is 3.34. The normalized spacial score (nSPS) is 9.75. The zero-order valence-corrected chi connectivity index (χ0v) is 10.4. The maximum atomic E-state index is 11.4. The molecule has 1 aromatic rings. The number of hydrogen-bond acceptors (Lipinski definition) is 2. The summed E-state index contributed by atoms with van der Waals surface area (Å²) in [7, 11) is 1.64. The molecule has 0 aliphatic rings. The van der Waals surface area contributed by atoms with E-state index in [0.717, 1.165) is 27.9 Å². The van der Waals surface area contributed by atoms with Crippen LogP contribution in [0.4, 0.5) is 5.69 Å². The SMILES string of the molecule is Cc1cc(C)c(C)c(N(C)C(=O)C#N)c1C. The molecule has 0 heterocycles. The summed E-state index contributed by atoms with van der Waals surface area (Å²) in [5.41, 5.74) is 5.22. The minimum atomic E-state index is -0.531. The molecule has 1 aromatic carbocycles. The van der Waals surface area contributed by atoms with Crippen LogP contribution >= 0.6 is 0 Å². The highest BCUT2D eigenvalue weighted by atomic mass is 16.2. The lowest BCUT2D eigenvalue weighted by Gasteiger charge is -2.22. The summed E-state index contributed by atoms with van der Waals surface area (Å²) in [6.07, 6.45) is 0. The minimum absolute atomic E-state index is 0.531. The lowest BCUT2D eigenvalue weighted by Crippen LogP contribution is -2.26. The first kappa shape index (κ1) is 12.3. The van der Waals surface area contributed by atoms with Crippen molar-refractivity contribution in [2.75, 3.05) is 11.9 Å². The lowest BCUT2D eigenvalue weighted by atomic mass is 9.98. The first-order valence-corrected chi connectivity index (χ1v) is 5.15. The van der Waals surface area contributed by atoms with Gasteiger partial charge >= 0.3 is 5.91 Å². The molecule has 3 heteroatoms. The van der Waals surface area contributed by atoms with Gasteiger partial charge < -0.3 is 4.90 Å². The second-order valence-corrected chi connectivity index (χ2v) is 4.08. The van der Waals surface area contributed by atoms with Gasteiger partial charge in [-0.1, -0.05) is 6.07 Å². The number of hydrogen-bond donors (Lipinski definition) is 0. The Balaban J connectivity index is 3.44. The quantitative estimate of drug-likeness (QED) is 0.676. The average Bonchev–Trinajstić information content (AvgIpc) is 2.25. The van der Waals surface area contributed by atoms with Crippen LogP contribution in [0.1, 0.15) is 22.3 Å². The molecule has 0 unspecified atom stereocenters. The molecule has 0 aliphatic heterocycles. The van der Waals surface area contributed by atoms with Gasteiger partial charge in [0.05, 0.1) is 5.69 Å². The Labute approximate surface area is 96.3 Å². The molecule has 0 aliphatic carbocycles. The molecule has 0 fully saturated rings. The molecule has 0 N–H and O–H groups in total. The fraction of sp³-hybridized carbons (Fsp3) is 0.385. The van der Waals surface area contributed by atoms with Crippen LogP contribution in [-0.2, 0) is 4.79 Å². The van der Waals surface area contributed by atoms with Crippen LogP contribution in [0, 0.1) is 39.0 Å². The molecule has 0 saturated carbocycles. The Morgan fingerprint density at radius 2 is 1.62 bits per heavy atom. The molecule has 84 valence electrons. The van der Waals surface area contributed by atoms with E-state index in [0.29, 0.717) is 0 Å². The van der Waals surface area contributed by atoms with Crippen LogP contribution in [0.15, 0.2) is 6.07 Å². The van der Waals surface area contributed by atoms with Gasteiger partial charge in [0.2, 0.25) is 0 Å². The Bertz CT molecular complexity index is 457. The highest BCUT2D eigenvalue weighted by molar-refractivity contribution is 6.05. The number of nitrogens with zero attached hydrogens (tertiary/aromatic N) is 2. The third kappa shape index (κ3) is 1.92. The second-order valence-electron chi connectivity index (χ2n) is 4.08. The number of amides is 1. The molecule has 1 amide bonds. The summed E-state index contributed by atoms with van der Waals surface area (Å²) in [4.78, 5) is 12.8. The predicted octanol–water partition coefficient (Wildman–Crippen LogP) is 2.41. The first-order valence-electron chi connectivity index (χ1n) is 5.15. The summed E-state index contributed by atoms with van der Waals surface area (Å²) in [6, 6.07) is 3.74. The molecule has 0 bridgehead atoms. The van der Waals surface area contributed by atoms with Gasteiger partial charge in [0, 0.05) is 7.05 Å². The van der Waals surface area contributed by atoms with Crippen molar-refractivity contribution in [3.05, 3.63) is 28.3 Å². The number of rotatable bonds is 1. The fourth-order valence-corrected chi connectivity index (χ4v) is 1.88. The van der Waals surface area contributed by atoms with Gasteiger partial charge in [-0.05, 0) is 49.9 Å². The van der Waals surface area contributed by atoms with Gasteiger partial charge in [-0.25, -0.2) is 0 Å². The van der Waals surface area contributed by atoms with Gasteiger partial charge in [0.15, 0.2) is 6.07 Å². The molecule has 0 saturated heterocycles. The topological polar surface area (TPSA) is 44.1 Å². The van der Waals surface area contributed by atoms with E-state index >= 15 is 0 Å². The van der Waals surface area contributed by atoms with Crippen molar-refractivity contribution >= 4 is 11.6 Å². The fourth-order valence-electron chi connectivity index (χ4n) is 1.88. The van der Waals surface area contributed by atoms with Crippen LogP contribution in [0.25, 0.3) is 0 Å². The van der Waals surface area contributed by atoms with E-state index in [9.17, 15) is 4.79 Å². The van der Waals surface area contributed by atoms with Gasteiger partial charge in [-0.2, -0.15) is 5.26 Å². The van der Waals surface area contributed by atoms with Crippen molar-refractivity contribution in [2.24, 2.45) is 0 Å². The van der Waals surface area contributed by atoms with Crippen LogP contribution in [-0.4, -0.2) is 13.0 Å². The van der Waals surface area contributed by atoms with E-state index < -0.39 is 5.91 Å². The van der Waals surface area contributed by atoms with E-state index in [1.165, 1.54) is 4.90 Å². The van der Waals surface area contributed by atoms with Crippen LogP contribution in [0.3, 0.4) is 0 Å². The van der Waals surface area contributed by atoms with E-state index in [1.54, 1.807) is 13.1 Å². The molecule has 3 nitrogen and oxygen atoms in total. The Hall–Kier alpha value is -1.82. The first-order chi connectivity index (χ1) is 7.40. The number of aryl methyl sites for hydroxylation is 2. The zero-order chi connectivity index (χ0) is 12.5. The van der Waals surface area contributed by atoms with Crippen molar-refractivity contribution < 1.29 is 4.79 Å². The number of anilines is 1. The smallest absolute Gasteiger partial charge is 0.302 e. The average molecular weight is 216 g/mol. The molecule has 1 rings (SSSR count). The molecule has 16 heavy (non-hydrogen) atoms. The van der Waals surface area contributed by atoms with Crippen molar-refractivity contribution in [2.45, 2.75) is 27.7 Å². The molecule has 0 atom stereocenters. The van der Waals surface area contributed by atoms with Crippen molar-refractivity contribution in [1.82, 2.24) is 0 Å². The summed E-state index contributed by atoms with van der Waals surface area (Å²) in [6.45, 7) is 7.96. The van der Waals surface area contributed by atoms with Gasteiger partial charge in [0.25, 0.3) is 0 Å². The molecular weight excluding hydrogens is 200 g/mol. The van der Waals surface area contributed by atoms with Gasteiger partial charge in [0.1, 0.15) is 0 Å². The molecule has 0 radical (unpaired) electrons. The van der Waals surface area contributed by atoms with E-state index in [-0.39, 0.29) is 0 Å². The summed E-state index contributed by atoms with van der Waals surface area (Å²) >= 11 is 0. The Morgan fingerprint density at radius 3 is 2.00 bits per heavy atom.